The number of nitrogens with one attached hydrogen (secondary N) is 4. The number of hydrogen-bond donors (Lipinski definition) is 5. The van der Waals surface area contributed by atoms with Crippen molar-refractivity contribution < 1.29 is 23.8 Å². The van der Waals surface area contributed by atoms with E-state index in [1.54, 1.807) is 0 Å². The third-order valence-electron chi connectivity index (χ3n) is 3.13. The Morgan fingerprint density at radius 2 is 2.07 bits per heavy atom. The van der Waals surface area contributed by atoms with Crippen molar-refractivity contribution in [3.05, 3.63) is 34.2 Å². The summed E-state index contributed by atoms with van der Waals surface area (Å²) in [6.07, 6.45) is 0. The fraction of sp³-hybridized carbons (Fsp3) is 0.214. The summed E-state index contributed by atoms with van der Waals surface area (Å²) in [5.74, 6) is -1.97. The molecule has 0 unspecified atom stereocenters. The first-order chi connectivity index (χ1) is 13.0. The first-order valence-corrected chi connectivity index (χ1v) is 8.26. The average molecular weight is 444 g/mol. The third kappa shape index (κ3) is 5.37. The molecule has 0 radical (unpaired) electrons. The number of benzene rings is 1. The maximum Gasteiger partial charge on any atom is 0.309 e. The van der Waals surface area contributed by atoms with Gasteiger partial charge in [-0.1, -0.05) is 5.16 Å². The minimum absolute atomic E-state index is 0.0515. The molecule has 0 aliphatic carbocycles. The highest BCUT2D eigenvalue weighted by atomic mass is 79.9. The van der Waals surface area contributed by atoms with Gasteiger partial charge in [0.1, 0.15) is 5.82 Å². The first-order valence-electron chi connectivity index (χ1n) is 7.47. The van der Waals surface area contributed by atoms with Crippen molar-refractivity contribution in [3.63, 3.8) is 0 Å². The molecular formula is C14H15BrFN7O4. The monoisotopic (exact) mass is 443 g/mol. The Bertz CT molecular complexity index is 858. The zero-order valence-electron chi connectivity index (χ0n) is 13.9. The summed E-state index contributed by atoms with van der Waals surface area (Å²) < 4.78 is 18.1. The van der Waals surface area contributed by atoms with Gasteiger partial charge >= 0.3 is 11.8 Å². The predicted molar refractivity (Wildman–Crippen MR) is 95.9 cm³/mol. The molecule has 0 fully saturated rings. The molecule has 2 rings (SSSR count). The second kappa shape index (κ2) is 9.47. The van der Waals surface area contributed by atoms with E-state index in [2.05, 4.69) is 57.3 Å². The van der Waals surface area contributed by atoms with Crippen LogP contribution in [0.15, 0.2) is 32.5 Å². The van der Waals surface area contributed by atoms with Gasteiger partial charge in [0.2, 0.25) is 11.7 Å². The largest absolute Gasteiger partial charge is 0.409 e. The molecule has 144 valence electrons. The van der Waals surface area contributed by atoms with E-state index in [-0.39, 0.29) is 34.9 Å². The van der Waals surface area contributed by atoms with Gasteiger partial charge in [-0.05, 0) is 44.4 Å². The summed E-state index contributed by atoms with van der Waals surface area (Å²) in [7, 11) is 1.34. The molecule has 11 nitrogen and oxygen atoms in total. The van der Waals surface area contributed by atoms with Crippen LogP contribution in [0, 0.1) is 5.82 Å². The zero-order valence-corrected chi connectivity index (χ0v) is 15.5. The van der Waals surface area contributed by atoms with Gasteiger partial charge in [0.25, 0.3) is 0 Å². The number of oxime groups is 1. The van der Waals surface area contributed by atoms with Crippen LogP contribution in [0.4, 0.5) is 15.9 Å². The molecule has 0 bridgehead atoms. The second-order valence-electron chi connectivity index (χ2n) is 4.93. The predicted octanol–water partition coefficient (Wildman–Crippen LogP) is 0.493. The van der Waals surface area contributed by atoms with Gasteiger partial charge in [-0.15, -0.1) is 0 Å². The summed E-state index contributed by atoms with van der Waals surface area (Å²) >= 11 is 3.05. The summed E-state index contributed by atoms with van der Waals surface area (Å²) in [6.45, 7) is 0.299. The number of aromatic nitrogens is 2. The minimum Gasteiger partial charge on any atom is -0.409 e. The van der Waals surface area contributed by atoms with E-state index in [4.69, 9.17) is 0 Å². The van der Waals surface area contributed by atoms with Crippen LogP contribution >= 0.6 is 15.9 Å². The minimum atomic E-state index is -0.779. The standard InChI is InChI=1S/C14H15BrFN7O4/c1-17-13(24)14(25)19-5-4-18-11-10(22-27-23-11)12(21-26)20-7-2-3-9(16)8(15)6-7/h2-3,6,26H,4-5H2,1H3,(H,17,24)(H,18,23)(H,19,25)(H,20,21). The number of likely N-dealkylation sites (N-methyl/N-ethyl adjacent to an activating group) is 1. The molecule has 0 atom stereocenters. The highest BCUT2D eigenvalue weighted by molar-refractivity contribution is 9.10. The zero-order chi connectivity index (χ0) is 19.8. The summed E-state index contributed by atoms with van der Waals surface area (Å²) in [6, 6.07) is 4.09. The molecular weight excluding hydrogens is 429 g/mol. The molecule has 1 aromatic carbocycles. The number of carbonyl (C=O) groups is 2. The van der Waals surface area contributed by atoms with Gasteiger partial charge in [0.05, 0.1) is 4.47 Å². The van der Waals surface area contributed by atoms with Gasteiger partial charge in [0, 0.05) is 25.8 Å². The molecule has 0 spiro atoms. The maximum absolute atomic E-state index is 13.3. The average Bonchev–Trinajstić information content (AvgIpc) is 3.13. The smallest absolute Gasteiger partial charge is 0.309 e. The number of halogens is 2. The highest BCUT2D eigenvalue weighted by Gasteiger charge is 2.18. The van der Waals surface area contributed by atoms with Crippen molar-refractivity contribution in [2.45, 2.75) is 0 Å². The molecule has 27 heavy (non-hydrogen) atoms. The normalized spacial score (nSPS) is 11.0. The number of carbonyl (C=O) groups excluding carboxylic acids is 2. The van der Waals surface area contributed by atoms with Crippen LogP contribution in [0.1, 0.15) is 5.69 Å². The molecule has 0 aliphatic rings. The van der Waals surface area contributed by atoms with E-state index in [0.29, 0.717) is 5.69 Å². The van der Waals surface area contributed by atoms with Crippen molar-refractivity contribution in [2.24, 2.45) is 5.16 Å². The van der Waals surface area contributed by atoms with Crippen molar-refractivity contribution in [3.8, 4) is 0 Å². The molecule has 5 N–H and O–H groups in total. The van der Waals surface area contributed by atoms with E-state index in [1.165, 1.54) is 25.2 Å². The molecule has 0 saturated heterocycles. The van der Waals surface area contributed by atoms with Gasteiger partial charge in [0.15, 0.2) is 5.69 Å². The summed E-state index contributed by atoms with van der Waals surface area (Å²) in [5.41, 5.74) is 0.471. The Morgan fingerprint density at radius 1 is 1.30 bits per heavy atom. The van der Waals surface area contributed by atoms with E-state index in [0.717, 1.165) is 0 Å². The molecule has 1 aromatic heterocycles. The molecule has 0 saturated carbocycles. The van der Waals surface area contributed by atoms with Crippen LogP contribution in [-0.4, -0.2) is 53.3 Å². The van der Waals surface area contributed by atoms with Crippen LogP contribution < -0.4 is 21.3 Å². The molecule has 2 aromatic rings. The lowest BCUT2D eigenvalue weighted by molar-refractivity contribution is -0.138. The Hall–Kier alpha value is -3.22. The number of hydrogen-bond acceptors (Lipinski definition) is 8. The quantitative estimate of drug-likeness (QED) is 0.108. The Kier molecular flexibility index (Phi) is 7.05. The van der Waals surface area contributed by atoms with Crippen molar-refractivity contribution in [1.29, 1.82) is 0 Å². The van der Waals surface area contributed by atoms with Crippen LogP contribution in [0.3, 0.4) is 0 Å². The molecule has 0 aliphatic heterocycles. The highest BCUT2D eigenvalue weighted by Crippen LogP contribution is 2.21. The summed E-state index contributed by atoms with van der Waals surface area (Å²) in [4.78, 5) is 22.4. The third-order valence-corrected chi connectivity index (χ3v) is 3.74. The first kappa shape index (κ1) is 20.1. The lowest BCUT2D eigenvalue weighted by Crippen LogP contribution is -2.40. The second-order valence-corrected chi connectivity index (χ2v) is 5.78. The lowest BCUT2D eigenvalue weighted by atomic mass is 10.3. The number of amidine groups is 1. The van der Waals surface area contributed by atoms with Crippen molar-refractivity contribution >= 4 is 45.1 Å². The van der Waals surface area contributed by atoms with Crippen LogP contribution in [0.2, 0.25) is 0 Å². The fourth-order valence-electron chi connectivity index (χ4n) is 1.85. The lowest BCUT2D eigenvalue weighted by Gasteiger charge is -2.09. The maximum atomic E-state index is 13.3. The Balaban J connectivity index is 1.98. The molecule has 1 heterocycles. The number of amides is 2. The SMILES string of the molecule is CNC(=O)C(=O)NCCNc1nonc1/C(=N/O)Nc1ccc(F)c(Br)c1. The van der Waals surface area contributed by atoms with Crippen LogP contribution in [0.25, 0.3) is 0 Å². The van der Waals surface area contributed by atoms with Gasteiger partial charge in [-0.25, -0.2) is 9.02 Å². The summed E-state index contributed by atoms with van der Waals surface area (Å²) in [5, 5.41) is 29.8. The Labute approximate surface area is 160 Å². The van der Waals surface area contributed by atoms with Gasteiger partial charge < -0.3 is 26.5 Å². The fourth-order valence-corrected chi connectivity index (χ4v) is 2.23. The van der Waals surface area contributed by atoms with E-state index in [1.807, 2.05) is 0 Å². The number of anilines is 2. The number of nitrogens with zero attached hydrogens (tertiary/aromatic N) is 3. The van der Waals surface area contributed by atoms with E-state index < -0.39 is 17.6 Å². The number of rotatable bonds is 6. The van der Waals surface area contributed by atoms with E-state index in [9.17, 15) is 19.2 Å². The van der Waals surface area contributed by atoms with Crippen LogP contribution in [0.5, 0.6) is 0 Å². The van der Waals surface area contributed by atoms with E-state index >= 15 is 0 Å². The Morgan fingerprint density at radius 3 is 2.74 bits per heavy atom. The van der Waals surface area contributed by atoms with Crippen molar-refractivity contribution in [1.82, 2.24) is 20.9 Å². The van der Waals surface area contributed by atoms with Gasteiger partial charge in [-0.2, -0.15) is 0 Å². The van der Waals surface area contributed by atoms with Crippen LogP contribution in [-0.2, 0) is 9.59 Å². The van der Waals surface area contributed by atoms with Gasteiger partial charge in [-0.3, -0.25) is 9.59 Å². The van der Waals surface area contributed by atoms with Crippen molar-refractivity contribution in [2.75, 3.05) is 30.8 Å². The molecule has 2 amide bonds. The molecule has 13 heteroatoms. The topological polar surface area (TPSA) is 154 Å².